The number of aryl methyl sites for hydroxylation is 1. The van der Waals surface area contributed by atoms with E-state index >= 15 is 0 Å². The van der Waals surface area contributed by atoms with Crippen molar-refractivity contribution in [1.82, 2.24) is 0 Å². The molecule has 0 unspecified atom stereocenters. The second kappa shape index (κ2) is 6.91. The van der Waals surface area contributed by atoms with Crippen molar-refractivity contribution in [2.75, 3.05) is 17.2 Å². The Morgan fingerprint density at radius 1 is 1.13 bits per heavy atom. The standard InChI is InChI=1S/C16H14ClF3N2O/c1-10-2-5-12(6-3-10)21-9-15(23)22-14-7-4-11(17)8-13(14)16(18,19)20/h2-8,21H,9H2,1H3,(H,22,23). The van der Waals surface area contributed by atoms with E-state index in [4.69, 9.17) is 11.6 Å². The molecule has 0 aliphatic carbocycles. The van der Waals surface area contributed by atoms with Gasteiger partial charge in [0.05, 0.1) is 17.8 Å². The van der Waals surface area contributed by atoms with Crippen LogP contribution in [0.1, 0.15) is 11.1 Å². The molecule has 0 aliphatic rings. The Bertz CT molecular complexity index is 699. The Morgan fingerprint density at radius 2 is 1.78 bits per heavy atom. The van der Waals surface area contributed by atoms with Gasteiger partial charge in [-0.25, -0.2) is 0 Å². The molecule has 0 atom stereocenters. The van der Waals surface area contributed by atoms with Gasteiger partial charge in [-0.05, 0) is 37.3 Å². The van der Waals surface area contributed by atoms with Crippen LogP contribution < -0.4 is 10.6 Å². The highest BCUT2D eigenvalue weighted by molar-refractivity contribution is 6.30. The van der Waals surface area contributed by atoms with Gasteiger partial charge in [0.15, 0.2) is 0 Å². The number of carbonyl (C=O) groups excluding carboxylic acids is 1. The molecule has 0 saturated carbocycles. The molecule has 122 valence electrons. The number of alkyl halides is 3. The fourth-order valence-corrected chi connectivity index (χ4v) is 2.08. The van der Waals surface area contributed by atoms with E-state index in [1.807, 2.05) is 19.1 Å². The average molecular weight is 343 g/mol. The van der Waals surface area contributed by atoms with E-state index in [2.05, 4.69) is 10.6 Å². The third-order valence-corrected chi connectivity index (χ3v) is 3.30. The highest BCUT2D eigenvalue weighted by Crippen LogP contribution is 2.36. The highest BCUT2D eigenvalue weighted by Gasteiger charge is 2.34. The van der Waals surface area contributed by atoms with Crippen LogP contribution in [0.15, 0.2) is 42.5 Å². The van der Waals surface area contributed by atoms with Crippen molar-refractivity contribution in [2.45, 2.75) is 13.1 Å². The molecular weight excluding hydrogens is 329 g/mol. The molecule has 7 heteroatoms. The number of nitrogens with one attached hydrogen (secondary N) is 2. The zero-order valence-electron chi connectivity index (χ0n) is 12.2. The van der Waals surface area contributed by atoms with E-state index in [1.54, 1.807) is 12.1 Å². The first-order chi connectivity index (χ1) is 10.8. The summed E-state index contributed by atoms with van der Waals surface area (Å²) in [6.45, 7) is 1.78. The van der Waals surface area contributed by atoms with E-state index < -0.39 is 17.6 Å². The highest BCUT2D eigenvalue weighted by atomic mass is 35.5. The van der Waals surface area contributed by atoms with E-state index in [-0.39, 0.29) is 17.3 Å². The first-order valence-corrected chi connectivity index (χ1v) is 7.10. The molecular formula is C16H14ClF3N2O. The Hall–Kier alpha value is -2.21. The maximum absolute atomic E-state index is 12.9. The monoisotopic (exact) mass is 342 g/mol. The maximum Gasteiger partial charge on any atom is 0.418 e. The van der Waals surface area contributed by atoms with Crippen molar-refractivity contribution in [2.24, 2.45) is 0 Å². The Morgan fingerprint density at radius 3 is 2.39 bits per heavy atom. The maximum atomic E-state index is 12.9. The number of hydrogen-bond donors (Lipinski definition) is 2. The van der Waals surface area contributed by atoms with Crippen LogP contribution in [0.5, 0.6) is 0 Å². The van der Waals surface area contributed by atoms with Gasteiger partial charge in [0.1, 0.15) is 0 Å². The SMILES string of the molecule is Cc1ccc(NCC(=O)Nc2ccc(Cl)cc2C(F)(F)F)cc1. The molecule has 23 heavy (non-hydrogen) atoms. The molecule has 2 rings (SSSR count). The minimum absolute atomic E-state index is 0.0481. The molecule has 0 saturated heterocycles. The number of amides is 1. The normalized spacial score (nSPS) is 11.2. The van der Waals surface area contributed by atoms with Crippen LogP contribution in [0.3, 0.4) is 0 Å². The summed E-state index contributed by atoms with van der Waals surface area (Å²) >= 11 is 5.59. The third-order valence-electron chi connectivity index (χ3n) is 3.07. The van der Waals surface area contributed by atoms with Crippen molar-refractivity contribution in [3.05, 3.63) is 58.6 Å². The lowest BCUT2D eigenvalue weighted by Gasteiger charge is -2.14. The van der Waals surface area contributed by atoms with Gasteiger partial charge in [-0.1, -0.05) is 29.3 Å². The van der Waals surface area contributed by atoms with Crippen molar-refractivity contribution in [3.8, 4) is 0 Å². The molecule has 3 nitrogen and oxygen atoms in total. The lowest BCUT2D eigenvalue weighted by Crippen LogP contribution is -2.23. The van der Waals surface area contributed by atoms with Gasteiger partial charge in [-0.2, -0.15) is 13.2 Å². The number of hydrogen-bond acceptors (Lipinski definition) is 2. The van der Waals surface area contributed by atoms with Gasteiger partial charge < -0.3 is 10.6 Å². The molecule has 2 aromatic rings. The Balaban J connectivity index is 2.04. The molecule has 0 fully saturated rings. The van der Waals surface area contributed by atoms with Crippen molar-refractivity contribution in [1.29, 1.82) is 0 Å². The van der Waals surface area contributed by atoms with E-state index in [9.17, 15) is 18.0 Å². The van der Waals surface area contributed by atoms with Crippen LogP contribution in [-0.2, 0) is 11.0 Å². The number of anilines is 2. The molecule has 0 radical (unpaired) electrons. The van der Waals surface area contributed by atoms with E-state index in [1.165, 1.54) is 6.07 Å². The van der Waals surface area contributed by atoms with Crippen LogP contribution in [0.2, 0.25) is 5.02 Å². The lowest BCUT2D eigenvalue weighted by molar-refractivity contribution is -0.137. The van der Waals surface area contributed by atoms with Gasteiger partial charge in [0.2, 0.25) is 5.91 Å². The fourth-order valence-electron chi connectivity index (χ4n) is 1.91. The van der Waals surface area contributed by atoms with Crippen molar-refractivity contribution < 1.29 is 18.0 Å². The number of carbonyl (C=O) groups is 1. The molecule has 2 aromatic carbocycles. The minimum atomic E-state index is -4.60. The summed E-state index contributed by atoms with van der Waals surface area (Å²) in [6.07, 6.45) is -4.60. The van der Waals surface area contributed by atoms with Crippen LogP contribution in [0.25, 0.3) is 0 Å². The van der Waals surface area contributed by atoms with Gasteiger partial charge in [0, 0.05) is 10.7 Å². The first kappa shape index (κ1) is 17.1. The number of rotatable bonds is 4. The fraction of sp³-hybridized carbons (Fsp3) is 0.188. The molecule has 1 amide bonds. The Kier molecular flexibility index (Phi) is 5.15. The van der Waals surface area contributed by atoms with Crippen molar-refractivity contribution in [3.63, 3.8) is 0 Å². The van der Waals surface area contributed by atoms with E-state index in [0.717, 1.165) is 17.7 Å². The zero-order chi connectivity index (χ0) is 17.0. The third kappa shape index (κ3) is 4.89. The predicted molar refractivity (Wildman–Crippen MR) is 84.8 cm³/mol. The predicted octanol–water partition coefficient (Wildman–Crippen LogP) is 4.72. The summed E-state index contributed by atoms with van der Waals surface area (Å²) in [5.74, 6) is -0.585. The first-order valence-electron chi connectivity index (χ1n) is 6.73. The summed E-state index contributed by atoms with van der Waals surface area (Å²) in [4.78, 5) is 11.8. The summed E-state index contributed by atoms with van der Waals surface area (Å²) < 4.78 is 38.8. The average Bonchev–Trinajstić information content (AvgIpc) is 2.47. The van der Waals surface area contributed by atoms with Gasteiger partial charge in [0.25, 0.3) is 0 Å². The zero-order valence-corrected chi connectivity index (χ0v) is 12.9. The van der Waals surface area contributed by atoms with Crippen LogP contribution >= 0.6 is 11.6 Å². The molecule has 0 heterocycles. The van der Waals surface area contributed by atoms with Gasteiger partial charge in [-0.15, -0.1) is 0 Å². The molecule has 0 spiro atoms. The molecule has 0 bridgehead atoms. The number of benzene rings is 2. The van der Waals surface area contributed by atoms with Crippen molar-refractivity contribution >= 4 is 28.9 Å². The van der Waals surface area contributed by atoms with Gasteiger partial charge in [-0.3, -0.25) is 4.79 Å². The number of halogens is 4. The van der Waals surface area contributed by atoms with Crippen LogP contribution in [0, 0.1) is 6.92 Å². The molecule has 0 aliphatic heterocycles. The Labute approximate surface area is 136 Å². The summed E-state index contributed by atoms with van der Waals surface area (Å²) in [5, 5.41) is 5.04. The van der Waals surface area contributed by atoms with E-state index in [0.29, 0.717) is 5.69 Å². The largest absolute Gasteiger partial charge is 0.418 e. The second-order valence-corrected chi connectivity index (χ2v) is 5.39. The van der Waals surface area contributed by atoms with Crippen LogP contribution in [0.4, 0.5) is 24.5 Å². The quantitative estimate of drug-likeness (QED) is 0.844. The molecule has 2 N–H and O–H groups in total. The van der Waals surface area contributed by atoms with Gasteiger partial charge >= 0.3 is 6.18 Å². The molecule has 0 aromatic heterocycles. The topological polar surface area (TPSA) is 41.1 Å². The second-order valence-electron chi connectivity index (χ2n) is 4.96. The van der Waals surface area contributed by atoms with Crippen LogP contribution in [-0.4, -0.2) is 12.5 Å². The summed E-state index contributed by atoms with van der Waals surface area (Å²) in [5.41, 5.74) is 0.472. The minimum Gasteiger partial charge on any atom is -0.376 e. The summed E-state index contributed by atoms with van der Waals surface area (Å²) in [6, 6.07) is 10.5. The smallest absolute Gasteiger partial charge is 0.376 e. The summed E-state index contributed by atoms with van der Waals surface area (Å²) in [7, 11) is 0. The lowest BCUT2D eigenvalue weighted by atomic mass is 10.1.